The highest BCUT2D eigenvalue weighted by molar-refractivity contribution is 7.18. The van der Waals surface area contributed by atoms with E-state index in [1.807, 2.05) is 60.7 Å². The van der Waals surface area contributed by atoms with Gasteiger partial charge in [0.1, 0.15) is 50.8 Å². The van der Waals surface area contributed by atoms with Crippen LogP contribution in [0.2, 0.25) is 0 Å². The lowest BCUT2D eigenvalue weighted by Gasteiger charge is -2.22. The number of carbonyl (C=O) groups excluding carboxylic acids is 4. The zero-order chi connectivity index (χ0) is 61.5. The number of unbranched alkanes of at least 4 members (excludes halogenated alkanes) is 8. The minimum atomic E-state index is -1.04. The Morgan fingerprint density at radius 3 is 1.32 bits per heavy atom. The van der Waals surface area contributed by atoms with Gasteiger partial charge in [0, 0.05) is 40.7 Å². The first-order valence-electron chi connectivity index (χ1n) is 29.0. The molecule has 2 aromatic heterocycles. The van der Waals surface area contributed by atoms with Crippen LogP contribution < -0.4 is 20.1 Å². The molecule has 15 nitrogen and oxygen atoms in total. The third-order valence-electron chi connectivity index (χ3n) is 13.5. The number of benzene rings is 5. The van der Waals surface area contributed by atoms with Crippen LogP contribution in [0.25, 0.3) is 42.3 Å². The molecule has 0 radical (unpaired) electrons. The maximum Gasteiger partial charge on any atom is 0.408 e. The van der Waals surface area contributed by atoms with Gasteiger partial charge in [0.25, 0.3) is 5.91 Å². The number of methoxy groups -OCH3 is 2. The molecule has 0 saturated heterocycles. The number of aromatic nitrogens is 4. The number of hydrogen-bond donors (Lipinski definition) is 2. The van der Waals surface area contributed by atoms with E-state index in [-0.39, 0.29) is 18.3 Å². The van der Waals surface area contributed by atoms with Crippen LogP contribution in [0.3, 0.4) is 0 Å². The summed E-state index contributed by atoms with van der Waals surface area (Å²) < 4.78 is 57.1. The molecule has 5 aromatic carbocycles. The van der Waals surface area contributed by atoms with Gasteiger partial charge in [-0.2, -0.15) is 0 Å². The second-order valence-corrected chi connectivity index (χ2v) is 24.5. The van der Waals surface area contributed by atoms with E-state index >= 15 is 8.78 Å². The van der Waals surface area contributed by atoms with Crippen molar-refractivity contribution in [1.29, 1.82) is 0 Å². The molecular weight excluding hydrogens is 1120 g/mol. The van der Waals surface area contributed by atoms with Gasteiger partial charge in [-0.1, -0.05) is 133 Å². The third kappa shape index (κ3) is 21.1. The topological polar surface area (TPSA) is 190 Å². The highest BCUT2D eigenvalue weighted by atomic mass is 32.1. The van der Waals surface area contributed by atoms with Gasteiger partial charge in [0.05, 0.1) is 27.4 Å². The van der Waals surface area contributed by atoms with E-state index < -0.39 is 53.3 Å². The van der Waals surface area contributed by atoms with Crippen LogP contribution in [0.4, 0.5) is 13.6 Å². The quantitative estimate of drug-likeness (QED) is 0.0281. The van der Waals surface area contributed by atoms with E-state index in [0.29, 0.717) is 61.1 Å². The molecule has 0 saturated carbocycles. The van der Waals surface area contributed by atoms with Crippen molar-refractivity contribution in [3.63, 3.8) is 0 Å². The fourth-order valence-corrected chi connectivity index (χ4v) is 10.5. The zero-order valence-corrected chi connectivity index (χ0v) is 52.1. The number of alkyl carbamates (subject to hydrolysis) is 1. The number of nitrogens with one attached hydrogen (secondary N) is 2. The number of rotatable bonds is 27. The van der Waals surface area contributed by atoms with Gasteiger partial charge < -0.3 is 34.3 Å². The van der Waals surface area contributed by atoms with Gasteiger partial charge in [-0.25, -0.2) is 23.2 Å². The van der Waals surface area contributed by atoms with E-state index in [2.05, 4.69) is 65.6 Å². The van der Waals surface area contributed by atoms with Crippen molar-refractivity contribution in [1.82, 2.24) is 31.0 Å². The summed E-state index contributed by atoms with van der Waals surface area (Å²) in [6.07, 6.45) is 11.2. The van der Waals surface area contributed by atoms with Gasteiger partial charge in [0.2, 0.25) is 0 Å². The van der Waals surface area contributed by atoms with E-state index in [9.17, 15) is 19.2 Å². The molecule has 0 fully saturated rings. The third-order valence-corrected chi connectivity index (χ3v) is 15.5. The molecule has 2 amide bonds. The Labute approximate surface area is 506 Å². The molecule has 2 atom stereocenters. The van der Waals surface area contributed by atoms with Crippen molar-refractivity contribution in [2.75, 3.05) is 27.4 Å². The summed E-state index contributed by atoms with van der Waals surface area (Å²) in [5.74, 6) is -1.08. The summed E-state index contributed by atoms with van der Waals surface area (Å²) in [4.78, 5) is 49.9. The second kappa shape index (κ2) is 32.6. The fourth-order valence-electron chi connectivity index (χ4n) is 8.75. The summed E-state index contributed by atoms with van der Waals surface area (Å²) in [7, 11) is 2.48. The van der Waals surface area contributed by atoms with Crippen LogP contribution in [-0.2, 0) is 42.1 Å². The van der Waals surface area contributed by atoms with Crippen LogP contribution in [0.5, 0.6) is 11.5 Å². The Morgan fingerprint density at radius 2 is 0.929 bits per heavy atom. The summed E-state index contributed by atoms with van der Waals surface area (Å²) in [5.41, 5.74) is 4.10. The van der Waals surface area contributed by atoms with E-state index in [4.69, 9.17) is 23.7 Å². The van der Waals surface area contributed by atoms with E-state index in [0.717, 1.165) is 41.0 Å². The Morgan fingerprint density at radius 1 is 0.518 bits per heavy atom. The van der Waals surface area contributed by atoms with Crippen molar-refractivity contribution in [3.05, 3.63) is 143 Å². The molecule has 0 aliphatic rings. The van der Waals surface area contributed by atoms with Gasteiger partial charge in [0.15, 0.2) is 10.0 Å². The zero-order valence-electron chi connectivity index (χ0n) is 50.5. The normalized spacial score (nSPS) is 12.0. The van der Waals surface area contributed by atoms with Crippen molar-refractivity contribution in [2.24, 2.45) is 0 Å². The number of amides is 2. The fraction of sp³-hybridized carbons (Fsp3) is 0.424. The lowest BCUT2D eigenvalue weighted by Crippen LogP contribution is -2.45. The first kappa shape index (κ1) is 66.5. The Kier molecular flexibility index (Phi) is 25.5. The molecule has 7 rings (SSSR count). The largest absolute Gasteiger partial charge is 0.494 e. The summed E-state index contributed by atoms with van der Waals surface area (Å²) in [5, 5.41) is 24.4. The van der Waals surface area contributed by atoms with Crippen LogP contribution in [-0.4, -0.2) is 89.5 Å². The number of halogens is 2. The molecule has 19 heteroatoms. The predicted molar refractivity (Wildman–Crippen MR) is 331 cm³/mol. The SMILES string of the molecule is CCCCCCCOc1ccc(-c2nnc(-c3ccc(C[C@H](NC(=O)OC(C)(C)C)C(=O)OC)cc3F)s2)cc1.CCCCCCCOc1ccc(-c2nnc(-c3ccc(C[C@H](NC(=O)c4ccc(C(C)(C)C)cc4)C(=O)OC)cc3F)s2)cc1. The number of hydrogen-bond acceptors (Lipinski definition) is 15. The Hall–Kier alpha value is -7.64. The Bertz CT molecular complexity index is 3250. The lowest BCUT2D eigenvalue weighted by molar-refractivity contribution is -0.143. The average Bonchev–Trinajstić information content (AvgIpc) is 4.42. The highest BCUT2D eigenvalue weighted by Gasteiger charge is 2.27. The smallest absolute Gasteiger partial charge is 0.408 e. The van der Waals surface area contributed by atoms with Crippen molar-refractivity contribution in [2.45, 2.75) is 156 Å². The molecule has 0 bridgehead atoms. The second-order valence-electron chi connectivity index (χ2n) is 22.5. The van der Waals surface area contributed by atoms with E-state index in [1.54, 1.807) is 57.2 Å². The molecule has 0 aliphatic heterocycles. The summed E-state index contributed by atoms with van der Waals surface area (Å²) in [6.45, 7) is 17.2. The minimum absolute atomic E-state index is 0.0254. The number of ether oxygens (including phenoxy) is 5. The average molecular weight is 1200 g/mol. The molecule has 2 N–H and O–H groups in total. The number of esters is 2. The van der Waals surface area contributed by atoms with Crippen molar-refractivity contribution >= 4 is 46.6 Å². The number of nitrogens with zero attached hydrogens (tertiary/aromatic N) is 4. The van der Waals surface area contributed by atoms with Crippen LogP contribution in [0.15, 0.2) is 109 Å². The Balaban J connectivity index is 0.000000274. The molecule has 0 unspecified atom stereocenters. The maximum absolute atomic E-state index is 15.3. The van der Waals surface area contributed by atoms with E-state index in [1.165, 1.54) is 100 Å². The molecule has 0 spiro atoms. The molecule has 454 valence electrons. The predicted octanol–water partition coefficient (Wildman–Crippen LogP) is 15.1. The lowest BCUT2D eigenvalue weighted by atomic mass is 9.86. The molecular formula is C66H80F2N6O9S2. The first-order chi connectivity index (χ1) is 40.7. The van der Waals surface area contributed by atoms with Crippen LogP contribution in [0, 0.1) is 11.6 Å². The van der Waals surface area contributed by atoms with Crippen LogP contribution >= 0.6 is 22.7 Å². The monoisotopic (exact) mass is 1200 g/mol. The summed E-state index contributed by atoms with van der Waals surface area (Å²) in [6, 6.07) is 29.8. The van der Waals surface area contributed by atoms with Crippen molar-refractivity contribution in [3.8, 4) is 53.8 Å². The molecule has 85 heavy (non-hydrogen) atoms. The summed E-state index contributed by atoms with van der Waals surface area (Å²) >= 11 is 2.57. The maximum atomic E-state index is 15.3. The minimum Gasteiger partial charge on any atom is -0.494 e. The van der Waals surface area contributed by atoms with Crippen molar-refractivity contribution < 1.29 is 51.6 Å². The molecule has 2 heterocycles. The number of carbonyl (C=O) groups is 4. The molecule has 0 aliphatic carbocycles. The van der Waals surface area contributed by atoms with Gasteiger partial charge >= 0.3 is 18.0 Å². The van der Waals surface area contributed by atoms with Gasteiger partial charge in [-0.05, 0) is 141 Å². The molecule has 7 aromatic rings. The van der Waals surface area contributed by atoms with Crippen LogP contribution in [0.1, 0.15) is 147 Å². The first-order valence-corrected chi connectivity index (χ1v) is 30.6. The highest BCUT2D eigenvalue weighted by Crippen LogP contribution is 2.35. The van der Waals surface area contributed by atoms with Gasteiger partial charge in [-0.15, -0.1) is 20.4 Å². The van der Waals surface area contributed by atoms with Gasteiger partial charge in [-0.3, -0.25) is 4.79 Å². The standard InChI is InChI=1S/C36H42FN3O4S.C30H38FN3O5S/c1-6-7-8-9-10-21-44-28-18-14-26(15-19-28)33-39-40-34(45-33)29-20-11-24(22-30(29)37)23-31(35(42)43-5)38-32(41)25-12-16-27(17-13-25)36(2,3)4;1-6-7-8-9-10-17-38-22-14-12-21(13-15-22)26-33-34-27(40-26)23-16-11-20(18-24(23)31)19-25(28(35)37-5)32-29(36)39-30(2,3)4/h11-20,22,31H,6-10,21,23H2,1-5H3,(H,38,41);11-16,18,25H,6-10,17,19H2,1-5H3,(H,32,36)/t31-;25-/m00/s1.